The van der Waals surface area contributed by atoms with Crippen LogP contribution in [-0.4, -0.2) is 55.6 Å². The highest BCUT2D eigenvalue weighted by Crippen LogP contribution is 2.30. The molecule has 10 heteroatoms. The van der Waals surface area contributed by atoms with E-state index < -0.39 is 21.8 Å². The van der Waals surface area contributed by atoms with Gasteiger partial charge in [-0.1, -0.05) is 35.7 Å². The molecular weight excluding hydrogens is 473 g/mol. The second kappa shape index (κ2) is 10.2. The van der Waals surface area contributed by atoms with Gasteiger partial charge in [0.2, 0.25) is 15.9 Å². The van der Waals surface area contributed by atoms with Crippen LogP contribution in [0.3, 0.4) is 0 Å². The zero-order chi connectivity index (χ0) is 23.5. The number of anilines is 1. The summed E-state index contributed by atoms with van der Waals surface area (Å²) in [7, 11) is -2.13. The fourth-order valence-electron chi connectivity index (χ4n) is 3.64. The zero-order valence-corrected chi connectivity index (χ0v) is 20.2. The van der Waals surface area contributed by atoms with Crippen LogP contribution in [0.1, 0.15) is 36.5 Å². The Kier molecular flexibility index (Phi) is 7.82. The van der Waals surface area contributed by atoms with Gasteiger partial charge in [0.15, 0.2) is 0 Å². The van der Waals surface area contributed by atoms with Crippen molar-refractivity contribution in [1.29, 1.82) is 0 Å². The van der Waals surface area contributed by atoms with E-state index in [-0.39, 0.29) is 28.7 Å². The van der Waals surface area contributed by atoms with Crippen LogP contribution in [0.2, 0.25) is 10.0 Å². The van der Waals surface area contributed by atoms with E-state index >= 15 is 0 Å². The molecular formula is C22H25Cl2N3O4S. The van der Waals surface area contributed by atoms with Crippen LogP contribution in [0.15, 0.2) is 47.4 Å². The number of carbonyl (C=O) groups excluding carboxylic acids is 2. The standard InChI is InChI=1S/C22H25Cl2N3O4S/c1-15-6-3-4-13-27(15)32(30,31)17-11-9-16(10-12-17)22(29)26(2)14-20(28)25-21-18(23)7-5-8-19(21)24/h5,7-12,15H,3-4,6,13-14H2,1-2H3,(H,25,28)/t15-/m0/s1. The maximum Gasteiger partial charge on any atom is 0.254 e. The van der Waals surface area contributed by atoms with Crippen molar-refractivity contribution in [2.24, 2.45) is 0 Å². The summed E-state index contributed by atoms with van der Waals surface area (Å²) in [6.07, 6.45) is 2.69. The van der Waals surface area contributed by atoms with Gasteiger partial charge in [-0.15, -0.1) is 0 Å². The van der Waals surface area contributed by atoms with Gasteiger partial charge in [-0.2, -0.15) is 4.31 Å². The van der Waals surface area contributed by atoms with Crippen LogP contribution < -0.4 is 5.32 Å². The highest BCUT2D eigenvalue weighted by molar-refractivity contribution is 7.89. The summed E-state index contributed by atoms with van der Waals surface area (Å²) in [4.78, 5) is 26.4. The smallest absolute Gasteiger partial charge is 0.254 e. The summed E-state index contributed by atoms with van der Waals surface area (Å²) >= 11 is 12.1. The summed E-state index contributed by atoms with van der Waals surface area (Å²) in [6.45, 7) is 2.17. The Morgan fingerprint density at radius 3 is 2.31 bits per heavy atom. The van der Waals surface area contributed by atoms with Crippen LogP contribution in [0.5, 0.6) is 0 Å². The van der Waals surface area contributed by atoms with Crippen LogP contribution in [0, 0.1) is 0 Å². The average molecular weight is 498 g/mol. The van der Waals surface area contributed by atoms with Crippen molar-refractivity contribution < 1.29 is 18.0 Å². The number of hydrogen-bond acceptors (Lipinski definition) is 4. The molecule has 2 amide bonds. The second-order valence-electron chi connectivity index (χ2n) is 7.79. The van der Waals surface area contributed by atoms with Gasteiger partial charge in [0.25, 0.3) is 5.91 Å². The molecule has 3 rings (SSSR count). The van der Waals surface area contributed by atoms with Gasteiger partial charge in [-0.05, 0) is 56.2 Å². The molecule has 7 nitrogen and oxygen atoms in total. The number of piperidine rings is 1. The lowest BCUT2D eigenvalue weighted by molar-refractivity contribution is -0.116. The molecule has 0 unspecified atom stereocenters. The minimum absolute atomic E-state index is 0.0497. The Morgan fingerprint density at radius 1 is 1.09 bits per heavy atom. The molecule has 1 atom stereocenters. The topological polar surface area (TPSA) is 86.8 Å². The van der Waals surface area contributed by atoms with Gasteiger partial charge in [0, 0.05) is 25.2 Å². The maximum atomic E-state index is 12.9. The van der Waals surface area contributed by atoms with Gasteiger partial charge >= 0.3 is 0 Å². The molecule has 0 aromatic heterocycles. The predicted octanol–water partition coefficient (Wildman–Crippen LogP) is 4.27. The first-order valence-corrected chi connectivity index (χ1v) is 12.4. The van der Waals surface area contributed by atoms with Gasteiger partial charge < -0.3 is 10.2 Å². The third-order valence-corrected chi connectivity index (χ3v) is 8.06. The molecule has 1 N–H and O–H groups in total. The quantitative estimate of drug-likeness (QED) is 0.645. The van der Waals surface area contributed by atoms with Crippen molar-refractivity contribution in [1.82, 2.24) is 9.21 Å². The van der Waals surface area contributed by atoms with Crippen molar-refractivity contribution in [2.45, 2.75) is 37.1 Å². The fourth-order valence-corrected chi connectivity index (χ4v) is 5.83. The number of nitrogens with zero attached hydrogens (tertiary/aromatic N) is 2. The minimum atomic E-state index is -3.62. The first-order chi connectivity index (χ1) is 15.1. The highest BCUT2D eigenvalue weighted by atomic mass is 35.5. The molecule has 1 fully saturated rings. The number of halogens is 2. The van der Waals surface area contributed by atoms with E-state index in [9.17, 15) is 18.0 Å². The molecule has 0 saturated carbocycles. The lowest BCUT2D eigenvalue weighted by atomic mass is 10.1. The normalized spacial score (nSPS) is 17.1. The lowest BCUT2D eigenvalue weighted by Gasteiger charge is -2.32. The van der Waals surface area contributed by atoms with Crippen LogP contribution in [0.25, 0.3) is 0 Å². The molecule has 1 aliphatic rings. The monoisotopic (exact) mass is 497 g/mol. The molecule has 0 spiro atoms. The zero-order valence-electron chi connectivity index (χ0n) is 17.8. The second-order valence-corrected chi connectivity index (χ2v) is 10.5. The van der Waals surface area contributed by atoms with Crippen molar-refractivity contribution >= 4 is 50.7 Å². The number of rotatable bonds is 6. The molecule has 2 aromatic carbocycles. The van der Waals surface area contributed by atoms with Crippen molar-refractivity contribution in [2.75, 3.05) is 25.5 Å². The van der Waals surface area contributed by atoms with Crippen LogP contribution in [0.4, 0.5) is 5.69 Å². The number of likely N-dealkylation sites (N-methyl/N-ethyl adjacent to an activating group) is 1. The van der Waals surface area contributed by atoms with E-state index in [4.69, 9.17) is 23.2 Å². The van der Waals surface area contributed by atoms with E-state index in [0.717, 1.165) is 19.3 Å². The number of amides is 2. The van der Waals surface area contributed by atoms with E-state index in [1.165, 1.54) is 40.5 Å². The summed E-state index contributed by atoms with van der Waals surface area (Å²) < 4.78 is 27.4. The number of para-hydroxylation sites is 1. The number of carbonyl (C=O) groups is 2. The van der Waals surface area contributed by atoms with Crippen LogP contribution in [-0.2, 0) is 14.8 Å². The Morgan fingerprint density at radius 2 is 1.72 bits per heavy atom. The van der Waals surface area contributed by atoms with Gasteiger partial charge in [-0.25, -0.2) is 8.42 Å². The SMILES string of the molecule is C[C@H]1CCCCN1S(=O)(=O)c1ccc(C(=O)N(C)CC(=O)Nc2c(Cl)cccc2Cl)cc1. The summed E-state index contributed by atoms with van der Waals surface area (Å²) in [5.74, 6) is -0.880. The number of benzene rings is 2. The van der Waals surface area contributed by atoms with Gasteiger partial charge in [-0.3, -0.25) is 9.59 Å². The molecule has 0 aliphatic carbocycles. The summed E-state index contributed by atoms with van der Waals surface area (Å²) in [6, 6.07) is 10.6. The van der Waals surface area contributed by atoms with E-state index in [2.05, 4.69) is 5.32 Å². The molecule has 2 aromatic rings. The van der Waals surface area contributed by atoms with Crippen LogP contribution >= 0.6 is 23.2 Å². The van der Waals surface area contributed by atoms with E-state index in [1.807, 2.05) is 6.92 Å². The summed E-state index contributed by atoms with van der Waals surface area (Å²) in [5.41, 5.74) is 0.560. The molecule has 0 radical (unpaired) electrons. The minimum Gasteiger partial charge on any atom is -0.332 e. The molecule has 1 saturated heterocycles. The maximum absolute atomic E-state index is 12.9. The Balaban J connectivity index is 1.66. The molecule has 1 heterocycles. The van der Waals surface area contributed by atoms with Crippen molar-refractivity contribution in [3.63, 3.8) is 0 Å². The largest absolute Gasteiger partial charge is 0.332 e. The number of hydrogen-bond donors (Lipinski definition) is 1. The average Bonchev–Trinajstić information content (AvgIpc) is 2.76. The van der Waals surface area contributed by atoms with Crippen molar-refractivity contribution in [3.05, 3.63) is 58.1 Å². The Bertz CT molecular complexity index is 1090. The molecule has 32 heavy (non-hydrogen) atoms. The molecule has 0 bridgehead atoms. The molecule has 1 aliphatic heterocycles. The summed E-state index contributed by atoms with van der Waals surface area (Å²) in [5, 5.41) is 3.19. The van der Waals surface area contributed by atoms with E-state index in [0.29, 0.717) is 16.6 Å². The first-order valence-electron chi connectivity index (χ1n) is 10.2. The Hall–Kier alpha value is -2.13. The van der Waals surface area contributed by atoms with Gasteiger partial charge in [0.1, 0.15) is 0 Å². The molecule has 172 valence electrons. The predicted molar refractivity (Wildman–Crippen MR) is 126 cm³/mol. The third-order valence-electron chi connectivity index (χ3n) is 5.40. The number of sulfonamides is 1. The number of nitrogens with one attached hydrogen (secondary N) is 1. The van der Waals surface area contributed by atoms with Gasteiger partial charge in [0.05, 0.1) is 27.2 Å². The third kappa shape index (κ3) is 5.43. The first kappa shape index (κ1) is 24.5. The highest BCUT2D eigenvalue weighted by Gasteiger charge is 2.31. The fraction of sp³-hybridized carbons (Fsp3) is 0.364. The lowest BCUT2D eigenvalue weighted by Crippen LogP contribution is -2.41. The van der Waals surface area contributed by atoms with Crippen molar-refractivity contribution in [3.8, 4) is 0 Å². The Labute approximate surface area is 198 Å². The van der Waals surface area contributed by atoms with E-state index in [1.54, 1.807) is 18.2 Å².